The highest BCUT2D eigenvalue weighted by Crippen LogP contribution is 2.33. The van der Waals surface area contributed by atoms with E-state index in [0.29, 0.717) is 12.7 Å². The number of pyridine rings is 2. The van der Waals surface area contributed by atoms with Crippen molar-refractivity contribution in [3.05, 3.63) is 65.4 Å². The number of nitrogens with two attached hydrogens (primary N) is 1. The molecule has 142 valence electrons. The normalized spacial score (nSPS) is 17.0. The van der Waals surface area contributed by atoms with E-state index in [-0.39, 0.29) is 0 Å². The SMILES string of the molecule is CN(CN)Cc1c(CN(C)[C@H]2CCCc3cccnc32)nc2ccccn12. The number of hydrogen-bond acceptors (Lipinski definition) is 5. The lowest BCUT2D eigenvalue weighted by atomic mass is 9.91. The van der Waals surface area contributed by atoms with Crippen LogP contribution in [0.5, 0.6) is 0 Å². The zero-order chi connectivity index (χ0) is 18.8. The number of aromatic nitrogens is 3. The summed E-state index contributed by atoms with van der Waals surface area (Å²) < 4.78 is 2.18. The molecule has 6 heteroatoms. The standard InChI is InChI=1S/C21H28N6/c1-25(15-22)14-19-17(24-20-10-3-4-12-27(19)20)13-26(2)18-9-5-7-16-8-6-11-23-21(16)18/h3-4,6,8,10-12,18H,5,7,9,13-15,22H2,1-2H3/t18-/m0/s1. The molecule has 0 saturated heterocycles. The molecule has 0 aromatic carbocycles. The van der Waals surface area contributed by atoms with Gasteiger partial charge in [0.2, 0.25) is 0 Å². The Kier molecular flexibility index (Phi) is 5.20. The van der Waals surface area contributed by atoms with Crippen molar-refractivity contribution in [2.24, 2.45) is 5.73 Å². The second-order valence-corrected chi connectivity index (χ2v) is 7.50. The molecule has 3 aromatic rings. The number of hydrogen-bond donors (Lipinski definition) is 1. The minimum Gasteiger partial charge on any atom is -0.318 e. The highest BCUT2D eigenvalue weighted by atomic mass is 15.2. The summed E-state index contributed by atoms with van der Waals surface area (Å²) in [5, 5.41) is 0. The minimum absolute atomic E-state index is 0.347. The van der Waals surface area contributed by atoms with Crippen molar-refractivity contribution in [1.82, 2.24) is 24.2 Å². The van der Waals surface area contributed by atoms with Crippen LogP contribution in [0.1, 0.15) is 41.5 Å². The third kappa shape index (κ3) is 3.60. The summed E-state index contributed by atoms with van der Waals surface area (Å²) in [7, 11) is 4.23. The van der Waals surface area contributed by atoms with Crippen LogP contribution in [0.2, 0.25) is 0 Å². The first kappa shape index (κ1) is 18.1. The molecule has 0 radical (unpaired) electrons. The molecule has 2 N–H and O–H groups in total. The van der Waals surface area contributed by atoms with Crippen LogP contribution in [0.4, 0.5) is 0 Å². The molecule has 6 nitrogen and oxygen atoms in total. The summed E-state index contributed by atoms with van der Waals surface area (Å²) in [5.41, 5.74) is 11.8. The van der Waals surface area contributed by atoms with Gasteiger partial charge in [0.1, 0.15) is 5.65 Å². The van der Waals surface area contributed by atoms with Gasteiger partial charge >= 0.3 is 0 Å². The van der Waals surface area contributed by atoms with Gasteiger partial charge in [-0.25, -0.2) is 4.98 Å². The van der Waals surface area contributed by atoms with Crippen LogP contribution >= 0.6 is 0 Å². The first-order valence-electron chi connectivity index (χ1n) is 9.65. The molecule has 3 aromatic heterocycles. The van der Waals surface area contributed by atoms with E-state index in [4.69, 9.17) is 15.7 Å². The van der Waals surface area contributed by atoms with Gasteiger partial charge in [0, 0.05) is 32.2 Å². The average molecular weight is 364 g/mol. The van der Waals surface area contributed by atoms with Crippen LogP contribution in [0.25, 0.3) is 5.65 Å². The fourth-order valence-corrected chi connectivity index (χ4v) is 4.07. The Bertz CT molecular complexity index is 918. The predicted molar refractivity (Wildman–Crippen MR) is 107 cm³/mol. The number of aryl methyl sites for hydroxylation is 1. The molecule has 1 atom stereocenters. The topological polar surface area (TPSA) is 62.7 Å². The van der Waals surface area contributed by atoms with E-state index in [1.54, 1.807) is 0 Å². The van der Waals surface area contributed by atoms with Crippen LogP contribution in [0.15, 0.2) is 42.7 Å². The fraction of sp³-hybridized carbons (Fsp3) is 0.429. The molecule has 1 aliphatic carbocycles. The van der Waals surface area contributed by atoms with Crippen LogP contribution in [-0.4, -0.2) is 44.9 Å². The maximum atomic E-state index is 5.83. The van der Waals surface area contributed by atoms with Crippen LogP contribution in [-0.2, 0) is 19.5 Å². The summed E-state index contributed by atoms with van der Waals surface area (Å²) in [4.78, 5) is 14.1. The largest absolute Gasteiger partial charge is 0.318 e. The number of rotatable bonds is 6. The molecular weight excluding hydrogens is 336 g/mol. The van der Waals surface area contributed by atoms with Crippen LogP contribution < -0.4 is 5.73 Å². The van der Waals surface area contributed by atoms with E-state index in [0.717, 1.165) is 37.3 Å². The average Bonchev–Trinajstić information content (AvgIpc) is 3.04. The van der Waals surface area contributed by atoms with E-state index < -0.39 is 0 Å². The van der Waals surface area contributed by atoms with Gasteiger partial charge in [-0.2, -0.15) is 0 Å². The van der Waals surface area contributed by atoms with Gasteiger partial charge in [-0.1, -0.05) is 12.1 Å². The Labute approximate surface area is 160 Å². The van der Waals surface area contributed by atoms with Crippen molar-refractivity contribution >= 4 is 5.65 Å². The van der Waals surface area contributed by atoms with Gasteiger partial charge in [-0.3, -0.25) is 14.8 Å². The van der Waals surface area contributed by atoms with Gasteiger partial charge in [0.25, 0.3) is 0 Å². The molecule has 27 heavy (non-hydrogen) atoms. The molecule has 4 rings (SSSR count). The quantitative estimate of drug-likeness (QED) is 0.681. The van der Waals surface area contributed by atoms with Gasteiger partial charge in [-0.05, 0) is 57.1 Å². The highest BCUT2D eigenvalue weighted by Gasteiger charge is 2.26. The van der Waals surface area contributed by atoms with Crippen molar-refractivity contribution < 1.29 is 0 Å². The van der Waals surface area contributed by atoms with Crippen molar-refractivity contribution in [2.75, 3.05) is 20.8 Å². The molecular formula is C21H28N6. The van der Waals surface area contributed by atoms with E-state index in [2.05, 4.69) is 45.6 Å². The van der Waals surface area contributed by atoms with E-state index in [9.17, 15) is 0 Å². The zero-order valence-corrected chi connectivity index (χ0v) is 16.2. The molecule has 0 aliphatic heterocycles. The second kappa shape index (κ2) is 7.76. The third-order valence-corrected chi connectivity index (χ3v) is 5.54. The van der Waals surface area contributed by atoms with Gasteiger partial charge in [0.15, 0.2) is 0 Å². The summed E-state index contributed by atoms with van der Waals surface area (Å²) >= 11 is 0. The minimum atomic E-state index is 0.347. The molecule has 1 aliphatic rings. The van der Waals surface area contributed by atoms with Crippen LogP contribution in [0.3, 0.4) is 0 Å². The van der Waals surface area contributed by atoms with E-state index in [1.165, 1.54) is 23.4 Å². The smallest absolute Gasteiger partial charge is 0.137 e. The van der Waals surface area contributed by atoms with Gasteiger partial charge in [-0.15, -0.1) is 0 Å². The number of imidazole rings is 1. The second-order valence-electron chi connectivity index (χ2n) is 7.50. The molecule has 3 heterocycles. The lowest BCUT2D eigenvalue weighted by molar-refractivity contribution is 0.205. The molecule has 0 spiro atoms. The summed E-state index contributed by atoms with van der Waals surface area (Å²) in [6.45, 7) is 2.11. The molecule has 0 bridgehead atoms. The van der Waals surface area contributed by atoms with Gasteiger partial charge in [0.05, 0.1) is 23.1 Å². The maximum absolute atomic E-state index is 5.83. The Morgan fingerprint density at radius 3 is 2.93 bits per heavy atom. The Hall–Kier alpha value is -2.28. The van der Waals surface area contributed by atoms with Crippen molar-refractivity contribution in [2.45, 2.75) is 38.4 Å². The Balaban J connectivity index is 1.64. The predicted octanol–water partition coefficient (Wildman–Crippen LogP) is 2.59. The first-order chi connectivity index (χ1) is 13.2. The van der Waals surface area contributed by atoms with Crippen molar-refractivity contribution in [3.63, 3.8) is 0 Å². The van der Waals surface area contributed by atoms with Crippen LogP contribution in [0, 0.1) is 0 Å². The fourth-order valence-electron chi connectivity index (χ4n) is 4.07. The Morgan fingerprint density at radius 2 is 2.07 bits per heavy atom. The number of fused-ring (bicyclic) bond motifs is 2. The maximum Gasteiger partial charge on any atom is 0.137 e. The molecule has 0 fully saturated rings. The molecule has 0 amide bonds. The summed E-state index contributed by atoms with van der Waals surface area (Å²) in [5.74, 6) is 0. The lowest BCUT2D eigenvalue weighted by Gasteiger charge is -2.32. The monoisotopic (exact) mass is 364 g/mol. The van der Waals surface area contributed by atoms with Crippen molar-refractivity contribution in [3.8, 4) is 0 Å². The lowest BCUT2D eigenvalue weighted by Crippen LogP contribution is -2.30. The Morgan fingerprint density at radius 1 is 1.19 bits per heavy atom. The van der Waals surface area contributed by atoms with E-state index >= 15 is 0 Å². The van der Waals surface area contributed by atoms with Crippen molar-refractivity contribution in [1.29, 1.82) is 0 Å². The highest BCUT2D eigenvalue weighted by molar-refractivity contribution is 5.43. The molecule has 0 saturated carbocycles. The van der Waals surface area contributed by atoms with Gasteiger partial charge < -0.3 is 10.1 Å². The zero-order valence-electron chi connectivity index (χ0n) is 16.2. The molecule has 0 unspecified atom stereocenters. The summed E-state index contributed by atoms with van der Waals surface area (Å²) in [6, 6.07) is 10.8. The first-order valence-corrected chi connectivity index (χ1v) is 9.65. The van der Waals surface area contributed by atoms with E-state index in [1.807, 2.05) is 25.4 Å². The number of nitrogens with zero attached hydrogens (tertiary/aromatic N) is 5. The third-order valence-electron chi connectivity index (χ3n) is 5.54. The summed E-state index contributed by atoms with van der Waals surface area (Å²) in [6.07, 6.45) is 7.49.